The van der Waals surface area contributed by atoms with Gasteiger partial charge in [-0.15, -0.1) is 5.10 Å². The molecule has 0 aliphatic carbocycles. The Labute approximate surface area is 285 Å². The highest BCUT2D eigenvalue weighted by atomic mass is 16.5. The van der Waals surface area contributed by atoms with Crippen molar-refractivity contribution >= 4 is 34.4 Å². The maximum absolute atomic E-state index is 14.8. The number of amides is 3. The lowest BCUT2D eigenvalue weighted by Gasteiger charge is -2.38. The molecule has 12 nitrogen and oxygen atoms in total. The molecule has 1 N–H and O–H groups in total. The number of carbonyl (C=O) groups is 3. The van der Waals surface area contributed by atoms with Gasteiger partial charge < -0.3 is 29.3 Å². The molecular formula is C37H44N6O6. The van der Waals surface area contributed by atoms with Crippen molar-refractivity contribution in [1.29, 1.82) is 0 Å². The molecule has 2 fully saturated rings. The number of para-hydroxylation sites is 1. The van der Waals surface area contributed by atoms with Crippen LogP contribution in [0.2, 0.25) is 0 Å². The molecule has 2 aromatic carbocycles. The number of aromatic nitrogens is 3. The third-order valence-electron chi connectivity index (χ3n) is 10.5. The molecule has 3 aromatic rings. The number of carbonyl (C=O) groups excluding carboxylic acids is 3. The maximum atomic E-state index is 14.8. The van der Waals surface area contributed by atoms with Crippen LogP contribution >= 0.6 is 0 Å². The van der Waals surface area contributed by atoms with Gasteiger partial charge in [-0.2, -0.15) is 0 Å². The molecule has 12 heteroatoms. The Kier molecular flexibility index (Phi) is 9.01. The minimum absolute atomic E-state index is 0.112. The molecule has 4 aliphatic heterocycles. The van der Waals surface area contributed by atoms with E-state index in [1.165, 1.54) is 0 Å². The van der Waals surface area contributed by atoms with Gasteiger partial charge in [0.15, 0.2) is 0 Å². The van der Waals surface area contributed by atoms with Crippen molar-refractivity contribution in [1.82, 2.24) is 24.8 Å². The number of ether oxygens (including phenoxy) is 2. The molecule has 0 bridgehead atoms. The summed E-state index contributed by atoms with van der Waals surface area (Å²) in [6, 6.07) is 14.0. The molecule has 0 saturated carbocycles. The van der Waals surface area contributed by atoms with Gasteiger partial charge >= 0.3 is 0 Å². The van der Waals surface area contributed by atoms with Crippen LogP contribution < -0.4 is 9.64 Å². The third-order valence-corrected chi connectivity index (χ3v) is 10.5. The molecule has 5 heterocycles. The highest BCUT2D eigenvalue weighted by Gasteiger charge is 2.75. The lowest BCUT2D eigenvalue weighted by molar-refractivity contribution is -0.153. The van der Waals surface area contributed by atoms with Gasteiger partial charge in [0.2, 0.25) is 11.8 Å². The van der Waals surface area contributed by atoms with Crippen LogP contribution in [0.3, 0.4) is 0 Å². The van der Waals surface area contributed by atoms with E-state index in [9.17, 15) is 19.5 Å². The SMILES string of the molecule is CCOc1ccc(N2CC=C[C@]3(CC)O[C@]45C=CCN(Cn6nnc7ccccc76)C(=O)C4N(CCCCCCO)C(=O)[C@@H]5[C@@H]3C2=O)cc1. The molecule has 1 spiro atoms. The quantitative estimate of drug-likeness (QED) is 0.229. The molecule has 0 radical (unpaired) electrons. The Morgan fingerprint density at radius 1 is 0.898 bits per heavy atom. The fraction of sp³-hybridized carbons (Fsp3) is 0.486. The first kappa shape index (κ1) is 33.0. The fourth-order valence-electron chi connectivity index (χ4n) is 8.23. The van der Waals surface area contributed by atoms with Gasteiger partial charge in [-0.25, -0.2) is 4.68 Å². The molecule has 5 atom stereocenters. The highest BCUT2D eigenvalue weighted by molar-refractivity contribution is 6.04. The molecule has 2 saturated heterocycles. The summed E-state index contributed by atoms with van der Waals surface area (Å²) in [6.45, 7) is 5.64. The van der Waals surface area contributed by atoms with E-state index in [2.05, 4.69) is 10.3 Å². The number of likely N-dealkylation sites (tertiary alicyclic amines) is 1. The van der Waals surface area contributed by atoms with E-state index in [0.29, 0.717) is 50.4 Å². The number of aliphatic hydroxyl groups excluding tert-OH is 1. The molecule has 4 aliphatic rings. The lowest BCUT2D eigenvalue weighted by atomic mass is 9.73. The summed E-state index contributed by atoms with van der Waals surface area (Å²) in [5.74, 6) is -1.73. The Morgan fingerprint density at radius 2 is 1.67 bits per heavy atom. The van der Waals surface area contributed by atoms with Crippen LogP contribution in [-0.2, 0) is 25.8 Å². The van der Waals surface area contributed by atoms with Crippen molar-refractivity contribution in [2.24, 2.45) is 11.8 Å². The summed E-state index contributed by atoms with van der Waals surface area (Å²) >= 11 is 0. The number of unbranched alkanes of at least 4 members (excludes halogenated alkanes) is 3. The van der Waals surface area contributed by atoms with Crippen molar-refractivity contribution in [2.75, 3.05) is 37.7 Å². The van der Waals surface area contributed by atoms with Gasteiger partial charge in [-0.1, -0.05) is 61.4 Å². The van der Waals surface area contributed by atoms with E-state index in [1.54, 1.807) is 19.4 Å². The Morgan fingerprint density at radius 3 is 2.45 bits per heavy atom. The first-order valence-corrected chi connectivity index (χ1v) is 17.5. The summed E-state index contributed by atoms with van der Waals surface area (Å²) in [5, 5.41) is 17.9. The summed E-state index contributed by atoms with van der Waals surface area (Å²) in [4.78, 5) is 49.5. The fourth-order valence-corrected chi connectivity index (χ4v) is 8.23. The largest absolute Gasteiger partial charge is 0.494 e. The van der Waals surface area contributed by atoms with Gasteiger partial charge in [-0.3, -0.25) is 14.4 Å². The van der Waals surface area contributed by atoms with E-state index < -0.39 is 29.1 Å². The smallest absolute Gasteiger partial charge is 0.250 e. The van der Waals surface area contributed by atoms with Gasteiger partial charge in [0, 0.05) is 31.9 Å². The van der Waals surface area contributed by atoms with Crippen molar-refractivity contribution in [3.63, 3.8) is 0 Å². The molecular weight excluding hydrogens is 624 g/mol. The maximum Gasteiger partial charge on any atom is 0.250 e. The number of anilines is 1. The molecule has 258 valence electrons. The van der Waals surface area contributed by atoms with Crippen LogP contribution in [0.15, 0.2) is 72.8 Å². The van der Waals surface area contributed by atoms with Crippen molar-refractivity contribution < 1.29 is 29.0 Å². The van der Waals surface area contributed by atoms with Gasteiger partial charge in [-0.05, 0) is 62.6 Å². The van der Waals surface area contributed by atoms with E-state index in [0.717, 1.165) is 23.9 Å². The number of benzene rings is 2. The van der Waals surface area contributed by atoms with Gasteiger partial charge in [0.25, 0.3) is 5.91 Å². The number of hydrogen-bond acceptors (Lipinski definition) is 8. The van der Waals surface area contributed by atoms with Crippen LogP contribution in [0.5, 0.6) is 5.75 Å². The minimum Gasteiger partial charge on any atom is -0.494 e. The second-order valence-corrected chi connectivity index (χ2v) is 13.3. The van der Waals surface area contributed by atoms with E-state index in [4.69, 9.17) is 9.47 Å². The molecule has 3 amide bonds. The van der Waals surface area contributed by atoms with Gasteiger partial charge in [0.05, 0.1) is 29.6 Å². The Hall–Kier alpha value is -4.55. The monoisotopic (exact) mass is 668 g/mol. The van der Waals surface area contributed by atoms with Gasteiger partial charge in [0.1, 0.15) is 29.6 Å². The van der Waals surface area contributed by atoms with Crippen LogP contribution in [0.25, 0.3) is 11.0 Å². The Balaban J connectivity index is 1.26. The highest BCUT2D eigenvalue weighted by Crippen LogP contribution is 2.58. The summed E-state index contributed by atoms with van der Waals surface area (Å²) in [6.07, 6.45) is 11.1. The second-order valence-electron chi connectivity index (χ2n) is 13.3. The average Bonchev–Trinajstić information content (AvgIpc) is 3.65. The first-order valence-electron chi connectivity index (χ1n) is 17.5. The lowest BCUT2D eigenvalue weighted by Crippen LogP contribution is -2.56. The molecule has 1 aromatic heterocycles. The molecule has 1 unspecified atom stereocenters. The van der Waals surface area contributed by atoms with Crippen molar-refractivity contribution in [3.8, 4) is 5.75 Å². The second kappa shape index (κ2) is 13.4. The van der Waals surface area contributed by atoms with Crippen LogP contribution in [0.1, 0.15) is 46.0 Å². The summed E-state index contributed by atoms with van der Waals surface area (Å²) in [7, 11) is 0. The Bertz CT molecular complexity index is 1770. The zero-order valence-electron chi connectivity index (χ0n) is 28.1. The molecule has 49 heavy (non-hydrogen) atoms. The third kappa shape index (κ3) is 5.51. The number of rotatable bonds is 12. The predicted octanol–water partition coefficient (Wildman–Crippen LogP) is 3.70. The predicted molar refractivity (Wildman–Crippen MR) is 182 cm³/mol. The standard InChI is InChI=1S/C37H44N6O6/c1-3-36-19-11-23-41(26-15-17-27(18-16-26)48-4-2)33(45)30(36)31-34(46)42(22-9-5-6-10-24-44)32-35(47)40(21-12-20-37(31,32)49-36)25-43-29-14-8-7-13-28(29)38-39-43/h7-8,11-20,30-32,44H,3-6,9-10,21-25H2,1-2H3/t30-,31+,32?,36+,37+/m1/s1. The zero-order valence-corrected chi connectivity index (χ0v) is 28.1. The number of hydrogen-bond donors (Lipinski definition) is 1. The van der Waals surface area contributed by atoms with Crippen molar-refractivity contribution in [2.45, 2.75) is 69.9 Å². The van der Waals surface area contributed by atoms with E-state index in [1.807, 2.05) is 86.7 Å². The average molecular weight is 669 g/mol. The normalized spacial score (nSPS) is 27.8. The first-order chi connectivity index (χ1) is 23.9. The van der Waals surface area contributed by atoms with Crippen LogP contribution in [0, 0.1) is 11.8 Å². The number of aliphatic hydroxyl groups is 1. The van der Waals surface area contributed by atoms with Crippen LogP contribution in [0.4, 0.5) is 5.69 Å². The number of nitrogens with zero attached hydrogens (tertiary/aromatic N) is 6. The van der Waals surface area contributed by atoms with Crippen molar-refractivity contribution in [3.05, 3.63) is 72.8 Å². The summed E-state index contributed by atoms with van der Waals surface area (Å²) in [5.41, 5.74) is -0.198. The van der Waals surface area contributed by atoms with Crippen LogP contribution in [-0.4, -0.2) is 97.7 Å². The van der Waals surface area contributed by atoms with E-state index >= 15 is 0 Å². The molecule has 7 rings (SSSR count). The van der Waals surface area contributed by atoms with E-state index in [-0.39, 0.29) is 37.5 Å². The minimum atomic E-state index is -1.35. The summed E-state index contributed by atoms with van der Waals surface area (Å²) < 4.78 is 14.5. The number of fused-ring (bicyclic) bond motifs is 3. The topological polar surface area (TPSA) is 130 Å². The zero-order chi connectivity index (χ0) is 34.2.